The Labute approximate surface area is 220 Å². The van der Waals surface area contributed by atoms with Gasteiger partial charge in [0.2, 0.25) is 0 Å². The lowest BCUT2D eigenvalue weighted by Crippen LogP contribution is -2.12. The average Bonchev–Trinajstić information content (AvgIpc) is 2.88. The molecule has 10 heteroatoms. The van der Waals surface area contributed by atoms with Gasteiger partial charge in [0.05, 0.1) is 21.1 Å². The minimum Gasteiger partial charge on any atom is -0.508 e. The number of pyridine rings is 1. The summed E-state index contributed by atoms with van der Waals surface area (Å²) in [7, 11) is 0. The predicted molar refractivity (Wildman–Crippen MR) is 144 cm³/mol. The molecule has 2 heterocycles. The first-order valence-corrected chi connectivity index (χ1v) is 12.2. The van der Waals surface area contributed by atoms with Gasteiger partial charge in [0.1, 0.15) is 17.9 Å². The van der Waals surface area contributed by atoms with Crippen LogP contribution in [0.3, 0.4) is 0 Å². The zero-order valence-corrected chi connectivity index (χ0v) is 20.8. The molecule has 0 spiro atoms. The van der Waals surface area contributed by atoms with Gasteiger partial charge < -0.3 is 15.7 Å². The lowest BCUT2D eigenvalue weighted by atomic mass is 10.2. The monoisotopic (exact) mass is 533 g/mol. The third-order valence-electron chi connectivity index (χ3n) is 5.15. The van der Waals surface area contributed by atoms with Crippen LogP contribution in [0.25, 0.3) is 11.0 Å². The Kier molecular flexibility index (Phi) is 6.90. The molecule has 3 N–H and O–H groups in total. The second-order valence-corrected chi connectivity index (χ2v) is 9.54. The maximum atomic E-state index is 12.8. The zero-order chi connectivity index (χ0) is 25.1. The van der Waals surface area contributed by atoms with Gasteiger partial charge in [0, 0.05) is 27.2 Å². The van der Waals surface area contributed by atoms with Crippen LogP contribution in [0.4, 0.5) is 17.2 Å². The number of aromatic nitrogens is 3. The molecule has 3 aromatic carbocycles. The van der Waals surface area contributed by atoms with E-state index in [9.17, 15) is 9.90 Å². The number of fused-ring (bicyclic) bond motifs is 1. The van der Waals surface area contributed by atoms with Gasteiger partial charge in [0.25, 0.3) is 5.91 Å². The molecule has 5 rings (SSSR count). The molecule has 1 amide bonds. The molecule has 178 valence electrons. The quantitative estimate of drug-likeness (QED) is 0.212. The first-order valence-electron chi connectivity index (χ1n) is 10.7. The second kappa shape index (κ2) is 10.4. The summed E-state index contributed by atoms with van der Waals surface area (Å²) in [4.78, 5) is 27.6. The van der Waals surface area contributed by atoms with E-state index in [0.29, 0.717) is 38.4 Å². The average molecular weight is 534 g/mol. The molecule has 0 unspecified atom stereocenters. The van der Waals surface area contributed by atoms with Gasteiger partial charge in [-0.3, -0.25) is 4.79 Å². The molecule has 0 aliphatic rings. The van der Waals surface area contributed by atoms with E-state index >= 15 is 0 Å². The van der Waals surface area contributed by atoms with E-state index in [0.717, 1.165) is 15.2 Å². The SMILES string of the molecule is O=C(Nc1ccc(Sc2ccc(O)cc2)c(Nc2ncnc3ncccc23)c1)c1ccc(Cl)c(Cl)c1. The molecular formula is C26H17Cl2N5O2S. The standard InChI is InChI=1S/C26H17Cl2N5O2S/c27-20-9-3-15(12-21(20)28)26(35)32-16-4-10-23(36-18-7-5-17(34)6-8-18)22(13-16)33-25-19-2-1-11-29-24(19)30-14-31-25/h1-14,34H,(H,32,35)(H,29,30,31,33). The van der Waals surface area contributed by atoms with Crippen molar-refractivity contribution in [3.8, 4) is 5.75 Å². The lowest BCUT2D eigenvalue weighted by molar-refractivity contribution is 0.102. The van der Waals surface area contributed by atoms with Gasteiger partial charge in [-0.25, -0.2) is 15.0 Å². The molecule has 0 aliphatic heterocycles. The van der Waals surface area contributed by atoms with E-state index in [4.69, 9.17) is 23.2 Å². The molecule has 0 aliphatic carbocycles. The molecule has 0 saturated heterocycles. The molecule has 36 heavy (non-hydrogen) atoms. The van der Waals surface area contributed by atoms with Crippen molar-refractivity contribution >= 4 is 69.1 Å². The van der Waals surface area contributed by atoms with E-state index in [1.165, 1.54) is 24.2 Å². The summed E-state index contributed by atoms with van der Waals surface area (Å²) in [5.74, 6) is 0.446. The Morgan fingerprint density at radius 1 is 0.889 bits per heavy atom. The van der Waals surface area contributed by atoms with Gasteiger partial charge >= 0.3 is 0 Å². The number of anilines is 3. The van der Waals surface area contributed by atoms with Crippen LogP contribution in [0.2, 0.25) is 10.0 Å². The first-order chi connectivity index (χ1) is 17.5. The fourth-order valence-corrected chi connectivity index (χ4v) is 4.58. The predicted octanol–water partition coefficient (Wildman–Crippen LogP) is 7.18. The number of aromatic hydroxyl groups is 1. The van der Waals surface area contributed by atoms with E-state index in [-0.39, 0.29) is 11.7 Å². The Morgan fingerprint density at radius 3 is 2.53 bits per heavy atom. The third-order valence-corrected chi connectivity index (χ3v) is 6.97. The number of carbonyl (C=O) groups excluding carboxylic acids is 1. The zero-order valence-electron chi connectivity index (χ0n) is 18.4. The van der Waals surface area contributed by atoms with Gasteiger partial charge in [0.15, 0.2) is 5.65 Å². The van der Waals surface area contributed by atoms with Crippen molar-refractivity contribution in [1.29, 1.82) is 0 Å². The summed E-state index contributed by atoms with van der Waals surface area (Å²) in [6, 6.07) is 20.8. The number of phenols is 1. The van der Waals surface area contributed by atoms with Crippen LogP contribution in [-0.4, -0.2) is 26.0 Å². The summed E-state index contributed by atoms with van der Waals surface area (Å²) in [5, 5.41) is 17.3. The Hall–Kier alpha value is -3.85. The van der Waals surface area contributed by atoms with Gasteiger partial charge in [-0.2, -0.15) is 0 Å². The van der Waals surface area contributed by atoms with Crippen LogP contribution in [-0.2, 0) is 0 Å². The van der Waals surface area contributed by atoms with Gasteiger partial charge in [-0.15, -0.1) is 0 Å². The molecule has 0 fully saturated rings. The number of nitrogens with zero attached hydrogens (tertiary/aromatic N) is 3. The highest BCUT2D eigenvalue weighted by molar-refractivity contribution is 7.99. The van der Waals surface area contributed by atoms with Crippen LogP contribution < -0.4 is 10.6 Å². The third kappa shape index (κ3) is 5.36. The Balaban J connectivity index is 1.49. The van der Waals surface area contributed by atoms with E-state index in [1.807, 2.05) is 42.5 Å². The van der Waals surface area contributed by atoms with Crippen LogP contribution in [0.1, 0.15) is 10.4 Å². The van der Waals surface area contributed by atoms with Crippen LogP contribution >= 0.6 is 35.0 Å². The summed E-state index contributed by atoms with van der Waals surface area (Å²) < 4.78 is 0. The summed E-state index contributed by atoms with van der Waals surface area (Å²) in [6.07, 6.45) is 3.12. The van der Waals surface area contributed by atoms with Crippen molar-refractivity contribution in [2.45, 2.75) is 9.79 Å². The molecule has 7 nitrogen and oxygen atoms in total. The highest BCUT2D eigenvalue weighted by atomic mass is 35.5. The highest BCUT2D eigenvalue weighted by Crippen LogP contribution is 2.38. The van der Waals surface area contributed by atoms with Crippen molar-refractivity contribution in [3.05, 3.63) is 101 Å². The minimum absolute atomic E-state index is 0.193. The molecule has 2 aromatic heterocycles. The minimum atomic E-state index is -0.324. The summed E-state index contributed by atoms with van der Waals surface area (Å²) in [6.45, 7) is 0. The van der Waals surface area contributed by atoms with Crippen LogP contribution in [0.15, 0.2) is 95.1 Å². The number of phenolic OH excluding ortho intramolecular Hbond substituents is 1. The fraction of sp³-hybridized carbons (Fsp3) is 0. The molecule has 0 bridgehead atoms. The van der Waals surface area contributed by atoms with Gasteiger partial charge in [-0.1, -0.05) is 35.0 Å². The summed E-state index contributed by atoms with van der Waals surface area (Å²) >= 11 is 13.5. The smallest absolute Gasteiger partial charge is 0.255 e. The van der Waals surface area contributed by atoms with Crippen molar-refractivity contribution in [1.82, 2.24) is 15.0 Å². The second-order valence-electron chi connectivity index (χ2n) is 7.61. The van der Waals surface area contributed by atoms with Crippen LogP contribution in [0, 0.1) is 0 Å². The van der Waals surface area contributed by atoms with E-state index in [2.05, 4.69) is 25.6 Å². The number of hydrogen-bond donors (Lipinski definition) is 3. The largest absolute Gasteiger partial charge is 0.508 e. The number of benzene rings is 3. The maximum absolute atomic E-state index is 12.8. The molecule has 0 radical (unpaired) electrons. The van der Waals surface area contributed by atoms with Crippen molar-refractivity contribution in [2.24, 2.45) is 0 Å². The van der Waals surface area contributed by atoms with Crippen LogP contribution in [0.5, 0.6) is 5.75 Å². The number of carbonyl (C=O) groups is 1. The normalized spacial score (nSPS) is 10.8. The van der Waals surface area contributed by atoms with E-state index in [1.54, 1.807) is 30.5 Å². The number of halogens is 2. The molecule has 0 atom stereocenters. The maximum Gasteiger partial charge on any atom is 0.255 e. The molecule has 5 aromatic rings. The Morgan fingerprint density at radius 2 is 1.72 bits per heavy atom. The first kappa shape index (κ1) is 23.9. The number of amides is 1. The number of hydrogen-bond acceptors (Lipinski definition) is 7. The molecular weight excluding hydrogens is 517 g/mol. The molecule has 0 saturated carbocycles. The fourth-order valence-electron chi connectivity index (χ4n) is 3.40. The van der Waals surface area contributed by atoms with Crippen molar-refractivity contribution in [2.75, 3.05) is 10.6 Å². The topological polar surface area (TPSA) is 100 Å². The number of nitrogens with one attached hydrogen (secondary N) is 2. The highest BCUT2D eigenvalue weighted by Gasteiger charge is 2.13. The van der Waals surface area contributed by atoms with Crippen molar-refractivity contribution in [3.63, 3.8) is 0 Å². The Bertz CT molecular complexity index is 1580. The lowest BCUT2D eigenvalue weighted by Gasteiger charge is -2.15. The van der Waals surface area contributed by atoms with Crippen molar-refractivity contribution < 1.29 is 9.90 Å². The summed E-state index contributed by atoms with van der Waals surface area (Å²) in [5.41, 5.74) is 2.23. The number of rotatable bonds is 6. The van der Waals surface area contributed by atoms with Gasteiger partial charge in [-0.05, 0) is 72.8 Å². The van der Waals surface area contributed by atoms with E-state index < -0.39 is 0 Å².